The van der Waals surface area contributed by atoms with Crippen molar-refractivity contribution in [1.29, 1.82) is 0 Å². The van der Waals surface area contributed by atoms with Crippen LogP contribution in [0.1, 0.15) is 31.8 Å². The molecule has 4 aromatic rings. The third-order valence-electron chi connectivity index (χ3n) is 5.62. The first-order chi connectivity index (χ1) is 18.1. The van der Waals surface area contributed by atoms with Gasteiger partial charge in [-0.1, -0.05) is 60.7 Å². The van der Waals surface area contributed by atoms with Crippen LogP contribution in [0.3, 0.4) is 0 Å². The molecule has 0 unspecified atom stereocenters. The molecule has 0 radical (unpaired) electrons. The fourth-order valence-electron chi connectivity index (χ4n) is 3.59. The van der Waals surface area contributed by atoms with E-state index in [-0.39, 0.29) is 24.3 Å². The Morgan fingerprint density at radius 2 is 0.946 bits per heavy atom. The zero-order chi connectivity index (χ0) is 25.9. The molecule has 37 heavy (non-hydrogen) atoms. The first-order valence-electron chi connectivity index (χ1n) is 11.9. The quantitative estimate of drug-likeness (QED) is 0.260. The van der Waals surface area contributed by atoms with E-state index in [1.54, 1.807) is 48.5 Å². The lowest BCUT2D eigenvalue weighted by atomic mass is 10.1. The molecule has 7 heteroatoms. The van der Waals surface area contributed by atoms with Gasteiger partial charge >= 0.3 is 0 Å². The summed E-state index contributed by atoms with van der Waals surface area (Å²) in [4.78, 5) is 37.0. The summed E-state index contributed by atoms with van der Waals surface area (Å²) >= 11 is 0. The highest BCUT2D eigenvalue weighted by Gasteiger charge is 2.08. The monoisotopic (exact) mass is 492 g/mol. The smallest absolute Gasteiger partial charge is 0.251 e. The van der Waals surface area contributed by atoms with Crippen LogP contribution >= 0.6 is 0 Å². The Labute approximate surface area is 215 Å². The van der Waals surface area contributed by atoms with Crippen molar-refractivity contribution in [1.82, 2.24) is 10.6 Å². The van der Waals surface area contributed by atoms with E-state index in [4.69, 9.17) is 0 Å². The zero-order valence-electron chi connectivity index (χ0n) is 20.2. The van der Waals surface area contributed by atoms with Gasteiger partial charge in [-0.3, -0.25) is 14.4 Å². The van der Waals surface area contributed by atoms with E-state index >= 15 is 0 Å². The molecule has 7 nitrogen and oxygen atoms in total. The number of anilines is 2. The van der Waals surface area contributed by atoms with Crippen molar-refractivity contribution in [2.24, 2.45) is 0 Å². The summed E-state index contributed by atoms with van der Waals surface area (Å²) in [6.45, 7) is 0.960. The Hall–Kier alpha value is -4.91. The van der Waals surface area contributed by atoms with Gasteiger partial charge in [0.05, 0.1) is 6.54 Å². The van der Waals surface area contributed by atoms with Crippen LogP contribution in [0.5, 0.6) is 0 Å². The van der Waals surface area contributed by atoms with Crippen LogP contribution in [-0.2, 0) is 17.9 Å². The molecule has 4 rings (SSSR count). The van der Waals surface area contributed by atoms with Gasteiger partial charge < -0.3 is 21.3 Å². The number of carbonyl (C=O) groups excluding carboxylic acids is 3. The summed E-state index contributed by atoms with van der Waals surface area (Å²) < 4.78 is 0. The summed E-state index contributed by atoms with van der Waals surface area (Å²) in [5, 5.41) is 11.6. The second-order valence-corrected chi connectivity index (χ2v) is 8.39. The molecular formula is C30H28N4O3. The van der Waals surface area contributed by atoms with Gasteiger partial charge in [0.2, 0.25) is 5.91 Å². The maximum atomic E-state index is 12.3. The van der Waals surface area contributed by atoms with Gasteiger partial charge in [-0.15, -0.1) is 0 Å². The van der Waals surface area contributed by atoms with Crippen molar-refractivity contribution < 1.29 is 14.4 Å². The van der Waals surface area contributed by atoms with Crippen LogP contribution in [0.15, 0.2) is 109 Å². The van der Waals surface area contributed by atoms with Gasteiger partial charge in [0.25, 0.3) is 11.8 Å². The van der Waals surface area contributed by atoms with Crippen LogP contribution in [0, 0.1) is 0 Å². The maximum absolute atomic E-state index is 12.3. The number of rotatable bonds is 10. The van der Waals surface area contributed by atoms with Crippen LogP contribution in [0.25, 0.3) is 0 Å². The highest BCUT2D eigenvalue weighted by molar-refractivity contribution is 5.97. The number of nitrogens with one attached hydrogen (secondary N) is 4. The van der Waals surface area contributed by atoms with E-state index in [2.05, 4.69) is 21.3 Å². The molecule has 0 saturated heterocycles. The third kappa shape index (κ3) is 7.80. The summed E-state index contributed by atoms with van der Waals surface area (Å²) in [7, 11) is 0. The predicted molar refractivity (Wildman–Crippen MR) is 145 cm³/mol. The van der Waals surface area contributed by atoms with Gasteiger partial charge in [0, 0.05) is 35.6 Å². The Kier molecular flexibility index (Phi) is 8.64. The van der Waals surface area contributed by atoms with E-state index in [1.807, 2.05) is 60.7 Å². The summed E-state index contributed by atoms with van der Waals surface area (Å²) in [5.74, 6) is -0.572. The highest BCUT2D eigenvalue weighted by Crippen LogP contribution is 2.12. The summed E-state index contributed by atoms with van der Waals surface area (Å²) in [6, 6.07) is 33.0. The second kappa shape index (κ2) is 12.7. The molecule has 4 N–H and O–H groups in total. The van der Waals surface area contributed by atoms with Crippen LogP contribution in [0.4, 0.5) is 11.4 Å². The van der Waals surface area contributed by atoms with Crippen molar-refractivity contribution in [2.75, 3.05) is 17.2 Å². The van der Waals surface area contributed by atoms with E-state index < -0.39 is 0 Å². The Bertz CT molecular complexity index is 1320. The molecular weight excluding hydrogens is 464 g/mol. The average Bonchev–Trinajstić information content (AvgIpc) is 2.95. The van der Waals surface area contributed by atoms with Crippen LogP contribution < -0.4 is 21.3 Å². The minimum absolute atomic E-state index is 0.0544. The van der Waals surface area contributed by atoms with E-state index in [0.717, 1.165) is 16.8 Å². The number of hydrogen-bond acceptors (Lipinski definition) is 4. The van der Waals surface area contributed by atoms with Crippen LogP contribution in [0.2, 0.25) is 0 Å². The molecule has 0 aliphatic rings. The van der Waals surface area contributed by atoms with Gasteiger partial charge in [0.1, 0.15) is 0 Å². The minimum atomic E-state index is -0.231. The Morgan fingerprint density at radius 3 is 1.41 bits per heavy atom. The highest BCUT2D eigenvalue weighted by atomic mass is 16.2. The zero-order valence-corrected chi connectivity index (χ0v) is 20.2. The average molecular weight is 493 g/mol. The Morgan fingerprint density at radius 1 is 0.514 bits per heavy atom. The van der Waals surface area contributed by atoms with Crippen LogP contribution in [-0.4, -0.2) is 24.3 Å². The molecule has 0 aromatic heterocycles. The summed E-state index contributed by atoms with van der Waals surface area (Å²) in [5.41, 5.74) is 4.42. The first kappa shape index (κ1) is 25.2. The lowest BCUT2D eigenvalue weighted by Crippen LogP contribution is -2.23. The third-order valence-corrected chi connectivity index (χ3v) is 5.62. The largest absolute Gasteiger partial charge is 0.376 e. The molecule has 186 valence electrons. The van der Waals surface area contributed by atoms with Gasteiger partial charge in [-0.05, 0) is 59.7 Å². The molecule has 0 atom stereocenters. The lowest BCUT2D eigenvalue weighted by molar-refractivity contribution is -0.114. The minimum Gasteiger partial charge on any atom is -0.376 e. The molecule has 0 heterocycles. The maximum Gasteiger partial charge on any atom is 0.251 e. The molecule has 0 bridgehead atoms. The number of hydrogen-bond donors (Lipinski definition) is 4. The molecule has 4 aromatic carbocycles. The van der Waals surface area contributed by atoms with Crippen molar-refractivity contribution in [3.8, 4) is 0 Å². The number of benzene rings is 4. The normalized spacial score (nSPS) is 10.3. The molecule has 3 amide bonds. The molecule has 0 aliphatic carbocycles. The second-order valence-electron chi connectivity index (χ2n) is 8.39. The van der Waals surface area contributed by atoms with Gasteiger partial charge in [-0.2, -0.15) is 0 Å². The fourth-order valence-corrected chi connectivity index (χ4v) is 3.59. The fraction of sp³-hybridized carbons (Fsp3) is 0.100. The van der Waals surface area contributed by atoms with Crippen molar-refractivity contribution in [2.45, 2.75) is 13.1 Å². The Balaban J connectivity index is 1.20. The van der Waals surface area contributed by atoms with E-state index in [9.17, 15) is 14.4 Å². The van der Waals surface area contributed by atoms with E-state index in [1.165, 1.54) is 0 Å². The van der Waals surface area contributed by atoms with Crippen molar-refractivity contribution in [3.63, 3.8) is 0 Å². The topological polar surface area (TPSA) is 99.3 Å². The standard InChI is InChI=1S/C30H28N4O3/c35-28(34-27-17-13-25(14-18-27)30(37)33-20-23-9-5-2-6-10-23)21-31-26-15-11-24(12-16-26)29(36)32-19-22-7-3-1-4-8-22/h1-18,31H,19-21H2,(H,32,36)(H,33,37)(H,34,35). The predicted octanol–water partition coefficient (Wildman–Crippen LogP) is 4.60. The van der Waals surface area contributed by atoms with Crippen molar-refractivity contribution >= 4 is 29.1 Å². The molecule has 0 spiro atoms. The number of amides is 3. The number of carbonyl (C=O) groups is 3. The summed E-state index contributed by atoms with van der Waals surface area (Å²) in [6.07, 6.45) is 0. The first-order valence-corrected chi connectivity index (χ1v) is 11.9. The lowest BCUT2D eigenvalue weighted by Gasteiger charge is -2.10. The molecule has 0 saturated carbocycles. The van der Waals surface area contributed by atoms with Crippen molar-refractivity contribution in [3.05, 3.63) is 131 Å². The van der Waals surface area contributed by atoms with Gasteiger partial charge in [-0.25, -0.2) is 0 Å². The molecule has 0 fully saturated rings. The molecule has 0 aliphatic heterocycles. The van der Waals surface area contributed by atoms with E-state index in [0.29, 0.717) is 29.9 Å². The van der Waals surface area contributed by atoms with Gasteiger partial charge in [0.15, 0.2) is 0 Å². The SMILES string of the molecule is O=C(CNc1ccc(C(=O)NCc2ccccc2)cc1)Nc1ccc(C(=O)NCc2ccccc2)cc1.